The highest BCUT2D eigenvalue weighted by molar-refractivity contribution is 6.15. The first-order chi connectivity index (χ1) is 14.2. The SMILES string of the molecule is COc1cc2c3c(c4ccc(OC)c(OC)c4c2cc1OC)CN1CCC[C@H]1C3. The van der Waals surface area contributed by atoms with E-state index in [4.69, 9.17) is 18.9 Å². The monoisotopic (exact) mass is 393 g/mol. The summed E-state index contributed by atoms with van der Waals surface area (Å²) in [5.41, 5.74) is 2.84. The summed E-state index contributed by atoms with van der Waals surface area (Å²) in [6.07, 6.45) is 3.63. The minimum atomic E-state index is 0.636. The normalized spacial score (nSPS) is 18.6. The van der Waals surface area contributed by atoms with Crippen molar-refractivity contribution in [2.75, 3.05) is 35.0 Å². The standard InChI is InChI=1S/C24H27NO4/c1-26-20-8-7-15-19-13-25-9-5-6-14(25)10-16(19)17-11-21(27-2)22(28-3)12-18(17)23(15)24(20)29-4/h7-8,11-12,14H,5-6,9-10,13H2,1-4H3/t14-/m0/s1. The molecule has 0 N–H and O–H groups in total. The fraction of sp³-hybridized carbons (Fsp3) is 0.417. The molecule has 1 saturated heterocycles. The van der Waals surface area contributed by atoms with Gasteiger partial charge in [0.05, 0.1) is 28.4 Å². The molecule has 0 saturated carbocycles. The van der Waals surface area contributed by atoms with Crippen LogP contribution in [0.1, 0.15) is 24.0 Å². The van der Waals surface area contributed by atoms with Crippen LogP contribution in [0.5, 0.6) is 23.0 Å². The van der Waals surface area contributed by atoms with Crippen molar-refractivity contribution in [2.45, 2.75) is 31.8 Å². The van der Waals surface area contributed by atoms with Crippen molar-refractivity contribution in [1.29, 1.82) is 0 Å². The Bertz CT molecular complexity index is 1090. The maximum Gasteiger partial charge on any atom is 0.169 e. The van der Waals surface area contributed by atoms with Crippen LogP contribution >= 0.6 is 0 Å². The van der Waals surface area contributed by atoms with Crippen LogP contribution in [0.25, 0.3) is 21.5 Å². The molecule has 2 aliphatic rings. The zero-order valence-corrected chi connectivity index (χ0v) is 17.5. The zero-order chi connectivity index (χ0) is 20.1. The van der Waals surface area contributed by atoms with E-state index in [1.54, 1.807) is 28.4 Å². The van der Waals surface area contributed by atoms with Gasteiger partial charge in [0.2, 0.25) is 0 Å². The Kier molecular flexibility index (Phi) is 4.43. The minimum Gasteiger partial charge on any atom is -0.493 e. The molecule has 1 fully saturated rings. The quantitative estimate of drug-likeness (QED) is 0.608. The van der Waals surface area contributed by atoms with Crippen LogP contribution in [-0.4, -0.2) is 45.9 Å². The van der Waals surface area contributed by atoms with Gasteiger partial charge >= 0.3 is 0 Å². The van der Waals surface area contributed by atoms with Gasteiger partial charge in [-0.2, -0.15) is 0 Å². The van der Waals surface area contributed by atoms with Gasteiger partial charge in [0.25, 0.3) is 0 Å². The number of nitrogens with zero attached hydrogens (tertiary/aromatic N) is 1. The third-order valence-electron chi connectivity index (χ3n) is 6.65. The summed E-state index contributed by atoms with van der Waals surface area (Å²) in [7, 11) is 6.76. The van der Waals surface area contributed by atoms with E-state index >= 15 is 0 Å². The van der Waals surface area contributed by atoms with Crippen LogP contribution in [0.4, 0.5) is 0 Å². The molecule has 0 bridgehead atoms. The molecule has 3 aromatic carbocycles. The summed E-state index contributed by atoms with van der Waals surface area (Å²) < 4.78 is 22.7. The van der Waals surface area contributed by atoms with Crippen molar-refractivity contribution in [3.05, 3.63) is 35.4 Å². The predicted molar refractivity (Wildman–Crippen MR) is 115 cm³/mol. The van der Waals surface area contributed by atoms with E-state index < -0.39 is 0 Å². The number of benzene rings is 3. The Balaban J connectivity index is 1.94. The Morgan fingerprint density at radius 3 is 2.21 bits per heavy atom. The van der Waals surface area contributed by atoms with Crippen LogP contribution < -0.4 is 18.9 Å². The summed E-state index contributed by atoms with van der Waals surface area (Å²) >= 11 is 0. The fourth-order valence-electron chi connectivity index (χ4n) is 5.29. The highest BCUT2D eigenvalue weighted by Crippen LogP contribution is 2.48. The summed E-state index contributed by atoms with van der Waals surface area (Å²) in [5.74, 6) is 3.00. The molecule has 5 heteroatoms. The molecule has 152 valence electrons. The van der Waals surface area contributed by atoms with E-state index in [0.717, 1.165) is 46.7 Å². The van der Waals surface area contributed by atoms with Gasteiger partial charge in [-0.15, -0.1) is 0 Å². The van der Waals surface area contributed by atoms with Crippen molar-refractivity contribution in [1.82, 2.24) is 4.90 Å². The van der Waals surface area contributed by atoms with Crippen molar-refractivity contribution in [3.63, 3.8) is 0 Å². The number of ether oxygens (including phenoxy) is 4. The minimum absolute atomic E-state index is 0.636. The Hall–Kier alpha value is -2.66. The molecular weight excluding hydrogens is 366 g/mol. The van der Waals surface area contributed by atoms with Gasteiger partial charge in [-0.1, -0.05) is 6.07 Å². The average Bonchev–Trinajstić information content (AvgIpc) is 3.23. The average molecular weight is 393 g/mol. The van der Waals surface area contributed by atoms with Gasteiger partial charge in [0.1, 0.15) is 0 Å². The van der Waals surface area contributed by atoms with E-state index in [2.05, 4.69) is 23.1 Å². The van der Waals surface area contributed by atoms with Crippen molar-refractivity contribution < 1.29 is 18.9 Å². The van der Waals surface area contributed by atoms with Crippen molar-refractivity contribution in [3.8, 4) is 23.0 Å². The van der Waals surface area contributed by atoms with Crippen molar-refractivity contribution >= 4 is 21.5 Å². The molecule has 1 atom stereocenters. The number of methoxy groups -OCH3 is 4. The predicted octanol–water partition coefficient (Wildman–Crippen LogP) is 4.55. The number of fused-ring (bicyclic) bond motifs is 7. The summed E-state index contributed by atoms with van der Waals surface area (Å²) in [6, 6.07) is 9.05. The largest absolute Gasteiger partial charge is 0.493 e. The highest BCUT2D eigenvalue weighted by Gasteiger charge is 2.33. The molecule has 0 spiro atoms. The van der Waals surface area contributed by atoms with Crippen LogP contribution in [0, 0.1) is 0 Å². The molecule has 2 heterocycles. The van der Waals surface area contributed by atoms with E-state index in [-0.39, 0.29) is 0 Å². The van der Waals surface area contributed by atoms with Crippen LogP contribution in [-0.2, 0) is 13.0 Å². The molecule has 0 radical (unpaired) electrons. The van der Waals surface area contributed by atoms with Crippen molar-refractivity contribution in [2.24, 2.45) is 0 Å². The maximum absolute atomic E-state index is 5.85. The second-order valence-corrected chi connectivity index (χ2v) is 7.90. The second-order valence-electron chi connectivity index (χ2n) is 7.90. The highest BCUT2D eigenvalue weighted by atomic mass is 16.5. The fourth-order valence-corrected chi connectivity index (χ4v) is 5.29. The molecule has 2 aliphatic heterocycles. The van der Waals surface area contributed by atoms with Gasteiger partial charge in [0, 0.05) is 18.0 Å². The second kappa shape index (κ2) is 6.99. The lowest BCUT2D eigenvalue weighted by Gasteiger charge is -2.34. The van der Waals surface area contributed by atoms with Crippen LogP contribution in [0.2, 0.25) is 0 Å². The van der Waals surface area contributed by atoms with Gasteiger partial charge in [-0.3, -0.25) is 4.90 Å². The lowest BCUT2D eigenvalue weighted by molar-refractivity contribution is 0.229. The van der Waals surface area contributed by atoms with Gasteiger partial charge in [-0.05, 0) is 71.3 Å². The van der Waals surface area contributed by atoms with E-state index in [1.807, 2.05) is 6.07 Å². The summed E-state index contributed by atoms with van der Waals surface area (Å²) in [5, 5.41) is 4.67. The molecule has 0 unspecified atom stereocenters. The molecule has 3 aromatic rings. The van der Waals surface area contributed by atoms with Crippen LogP contribution in [0.3, 0.4) is 0 Å². The first-order valence-electron chi connectivity index (χ1n) is 10.2. The Morgan fingerprint density at radius 2 is 1.52 bits per heavy atom. The maximum atomic E-state index is 5.85. The van der Waals surface area contributed by atoms with Gasteiger partial charge in [-0.25, -0.2) is 0 Å². The molecule has 0 amide bonds. The molecule has 29 heavy (non-hydrogen) atoms. The third kappa shape index (κ3) is 2.64. The van der Waals surface area contributed by atoms with E-state index in [9.17, 15) is 0 Å². The lowest BCUT2D eigenvalue weighted by atomic mass is 9.85. The van der Waals surface area contributed by atoms with Gasteiger partial charge < -0.3 is 18.9 Å². The molecule has 0 aromatic heterocycles. The number of rotatable bonds is 4. The smallest absolute Gasteiger partial charge is 0.169 e. The first kappa shape index (κ1) is 18.4. The first-order valence-corrected chi connectivity index (χ1v) is 10.2. The third-order valence-corrected chi connectivity index (χ3v) is 6.65. The summed E-state index contributed by atoms with van der Waals surface area (Å²) in [6.45, 7) is 2.17. The number of hydrogen-bond acceptors (Lipinski definition) is 5. The van der Waals surface area contributed by atoms with E-state index in [0.29, 0.717) is 6.04 Å². The molecule has 0 aliphatic carbocycles. The summed E-state index contributed by atoms with van der Waals surface area (Å²) in [4.78, 5) is 2.63. The lowest BCUT2D eigenvalue weighted by Crippen LogP contribution is -2.35. The molecular formula is C24H27NO4. The number of hydrogen-bond donors (Lipinski definition) is 0. The van der Waals surface area contributed by atoms with E-state index in [1.165, 1.54) is 41.3 Å². The zero-order valence-electron chi connectivity index (χ0n) is 17.5. The van der Waals surface area contributed by atoms with Gasteiger partial charge in [0.15, 0.2) is 23.0 Å². The van der Waals surface area contributed by atoms with Crippen LogP contribution in [0.15, 0.2) is 24.3 Å². The molecule has 5 rings (SSSR count). The Labute approximate surface area is 171 Å². The Morgan fingerprint density at radius 1 is 0.793 bits per heavy atom. The topological polar surface area (TPSA) is 40.2 Å². The molecule has 5 nitrogen and oxygen atoms in total.